The fraction of sp³-hybridized carbons (Fsp3) is 0.708. The van der Waals surface area contributed by atoms with Crippen LogP contribution in [0.1, 0.15) is 71.3 Å². The van der Waals surface area contributed by atoms with Gasteiger partial charge in [-0.1, -0.05) is 12.1 Å². The van der Waals surface area contributed by atoms with E-state index in [0.29, 0.717) is 12.2 Å². The van der Waals surface area contributed by atoms with E-state index in [-0.39, 0.29) is 17.6 Å². The van der Waals surface area contributed by atoms with Gasteiger partial charge in [-0.25, -0.2) is 8.42 Å². The number of hydrogen-bond donors (Lipinski definition) is 0. The summed E-state index contributed by atoms with van der Waals surface area (Å²) in [5.74, 6) is 0.861. The second kappa shape index (κ2) is 9.20. The molecule has 0 amide bonds. The van der Waals surface area contributed by atoms with Crippen molar-refractivity contribution in [1.29, 1.82) is 0 Å². The Balaban J connectivity index is 1.48. The molecule has 1 heterocycles. The smallest absolute Gasteiger partial charge is 0.155 e. The van der Waals surface area contributed by atoms with Crippen molar-refractivity contribution in [2.75, 3.05) is 23.7 Å². The SMILES string of the molecule is CC(C)(C)S(=O)(=O)CC1CCC(C(=O)Cc2ccc(N3CCCCC3)cc2)CC1. The Labute approximate surface area is 177 Å². The lowest BCUT2D eigenvalue weighted by Crippen LogP contribution is -2.35. The monoisotopic (exact) mass is 419 g/mol. The van der Waals surface area contributed by atoms with Crippen LogP contribution in [0.2, 0.25) is 0 Å². The molecule has 0 unspecified atom stereocenters. The first-order valence-corrected chi connectivity index (χ1v) is 12.9. The van der Waals surface area contributed by atoms with Gasteiger partial charge < -0.3 is 4.90 Å². The molecule has 0 N–H and O–H groups in total. The second-order valence-corrected chi connectivity index (χ2v) is 12.8. The highest BCUT2D eigenvalue weighted by atomic mass is 32.2. The molecule has 1 aromatic rings. The van der Waals surface area contributed by atoms with Crippen LogP contribution >= 0.6 is 0 Å². The van der Waals surface area contributed by atoms with Crippen molar-refractivity contribution >= 4 is 21.3 Å². The molecule has 1 saturated carbocycles. The summed E-state index contributed by atoms with van der Waals surface area (Å²) >= 11 is 0. The Morgan fingerprint density at radius 1 is 0.966 bits per heavy atom. The number of anilines is 1. The summed E-state index contributed by atoms with van der Waals surface area (Å²) in [5, 5.41) is 0. The molecule has 0 bridgehead atoms. The molecule has 2 aliphatic rings. The fourth-order valence-electron chi connectivity index (χ4n) is 4.53. The molecule has 29 heavy (non-hydrogen) atoms. The van der Waals surface area contributed by atoms with Gasteiger partial charge in [0.15, 0.2) is 9.84 Å². The fourth-order valence-corrected chi connectivity index (χ4v) is 5.99. The number of benzene rings is 1. The zero-order chi connectivity index (χ0) is 21.1. The van der Waals surface area contributed by atoms with Crippen LogP contribution in [0.15, 0.2) is 24.3 Å². The summed E-state index contributed by atoms with van der Waals surface area (Å²) in [4.78, 5) is 15.2. The van der Waals surface area contributed by atoms with Gasteiger partial charge in [0.05, 0.1) is 10.5 Å². The number of rotatable bonds is 6. The Morgan fingerprint density at radius 2 is 1.55 bits per heavy atom. The van der Waals surface area contributed by atoms with E-state index in [2.05, 4.69) is 29.2 Å². The topological polar surface area (TPSA) is 54.5 Å². The third-order valence-corrected chi connectivity index (χ3v) is 9.50. The van der Waals surface area contributed by atoms with Gasteiger partial charge in [-0.15, -0.1) is 0 Å². The van der Waals surface area contributed by atoms with Gasteiger partial charge in [0.1, 0.15) is 5.78 Å². The van der Waals surface area contributed by atoms with Crippen LogP contribution in [0.3, 0.4) is 0 Å². The molecule has 2 fully saturated rings. The Kier molecular flexibility index (Phi) is 7.08. The molecule has 3 rings (SSSR count). The van der Waals surface area contributed by atoms with Gasteiger partial charge >= 0.3 is 0 Å². The zero-order valence-electron chi connectivity index (χ0n) is 18.3. The summed E-state index contributed by atoms with van der Waals surface area (Å²) in [6, 6.07) is 8.51. The first kappa shape index (κ1) is 22.3. The lowest BCUT2D eigenvalue weighted by Gasteiger charge is -2.30. The molecule has 162 valence electrons. The molecule has 0 aromatic heterocycles. The highest BCUT2D eigenvalue weighted by Gasteiger charge is 2.34. The van der Waals surface area contributed by atoms with Gasteiger partial charge in [-0.2, -0.15) is 0 Å². The number of Topliss-reactive ketones (excluding diaryl/α,β-unsaturated/α-hetero) is 1. The number of sulfone groups is 1. The van der Waals surface area contributed by atoms with E-state index in [1.165, 1.54) is 24.9 Å². The lowest BCUT2D eigenvalue weighted by molar-refractivity contribution is -0.123. The number of ketones is 1. The molecular formula is C24H37NO3S. The second-order valence-electron chi connectivity index (χ2n) is 9.97. The number of piperidine rings is 1. The highest BCUT2D eigenvalue weighted by Crippen LogP contribution is 2.33. The molecule has 1 aliphatic carbocycles. The molecule has 0 radical (unpaired) electrons. The van der Waals surface area contributed by atoms with E-state index >= 15 is 0 Å². The standard InChI is InChI=1S/C24H37NO3S/c1-24(2,3)29(27,28)18-20-7-11-21(12-8-20)23(26)17-19-9-13-22(14-10-19)25-15-5-4-6-16-25/h9-10,13-14,20-21H,4-8,11-12,15-18H2,1-3H3. The van der Waals surface area contributed by atoms with E-state index in [4.69, 9.17) is 0 Å². The summed E-state index contributed by atoms with van der Waals surface area (Å²) in [7, 11) is -3.09. The van der Waals surface area contributed by atoms with Crippen LogP contribution in [-0.4, -0.2) is 37.8 Å². The first-order valence-electron chi connectivity index (χ1n) is 11.2. The van der Waals surface area contributed by atoms with Crippen LogP contribution < -0.4 is 4.90 Å². The molecule has 4 nitrogen and oxygen atoms in total. The molecule has 0 spiro atoms. The van der Waals surface area contributed by atoms with Crippen LogP contribution in [0.4, 0.5) is 5.69 Å². The largest absolute Gasteiger partial charge is 0.372 e. The quantitative estimate of drug-likeness (QED) is 0.664. The third-order valence-electron chi connectivity index (χ3n) is 6.73. The van der Waals surface area contributed by atoms with Crippen LogP contribution in [-0.2, 0) is 21.1 Å². The maximum atomic E-state index is 12.8. The normalized spacial score (nSPS) is 23.8. The van der Waals surface area contributed by atoms with Gasteiger partial charge in [0.2, 0.25) is 0 Å². The number of carbonyl (C=O) groups is 1. The van der Waals surface area contributed by atoms with Gasteiger partial charge in [-0.05, 0) is 89.3 Å². The lowest BCUT2D eigenvalue weighted by atomic mass is 9.79. The van der Waals surface area contributed by atoms with Crippen molar-refractivity contribution in [3.63, 3.8) is 0 Å². The minimum absolute atomic E-state index is 0.0883. The van der Waals surface area contributed by atoms with Crippen LogP contribution in [0, 0.1) is 11.8 Å². The number of hydrogen-bond acceptors (Lipinski definition) is 4. The van der Waals surface area contributed by atoms with E-state index in [9.17, 15) is 13.2 Å². The number of carbonyl (C=O) groups excluding carboxylic acids is 1. The Morgan fingerprint density at radius 3 is 2.10 bits per heavy atom. The average Bonchev–Trinajstić information content (AvgIpc) is 2.68. The van der Waals surface area contributed by atoms with Crippen molar-refractivity contribution in [2.24, 2.45) is 11.8 Å². The van der Waals surface area contributed by atoms with Gasteiger partial charge in [0.25, 0.3) is 0 Å². The average molecular weight is 420 g/mol. The summed E-state index contributed by atoms with van der Waals surface area (Å²) in [6.07, 6.45) is 7.70. The molecular weight excluding hydrogens is 382 g/mol. The van der Waals surface area contributed by atoms with Crippen molar-refractivity contribution in [3.05, 3.63) is 29.8 Å². The maximum Gasteiger partial charge on any atom is 0.155 e. The summed E-state index contributed by atoms with van der Waals surface area (Å²) in [5.41, 5.74) is 2.36. The first-order chi connectivity index (χ1) is 13.7. The predicted molar refractivity (Wildman–Crippen MR) is 120 cm³/mol. The van der Waals surface area contributed by atoms with E-state index in [1.54, 1.807) is 20.8 Å². The highest BCUT2D eigenvalue weighted by molar-refractivity contribution is 7.92. The zero-order valence-corrected chi connectivity index (χ0v) is 19.1. The Hall–Kier alpha value is -1.36. The van der Waals surface area contributed by atoms with E-state index in [1.807, 2.05) is 0 Å². The maximum absolute atomic E-state index is 12.8. The van der Waals surface area contributed by atoms with Crippen molar-refractivity contribution in [2.45, 2.75) is 76.9 Å². The van der Waals surface area contributed by atoms with Crippen molar-refractivity contribution < 1.29 is 13.2 Å². The molecule has 1 saturated heterocycles. The number of nitrogens with zero attached hydrogens (tertiary/aromatic N) is 1. The van der Waals surface area contributed by atoms with E-state index in [0.717, 1.165) is 44.3 Å². The molecule has 5 heteroatoms. The van der Waals surface area contributed by atoms with Crippen LogP contribution in [0.5, 0.6) is 0 Å². The molecule has 0 atom stereocenters. The molecule has 1 aromatic carbocycles. The Bertz CT molecular complexity index is 778. The van der Waals surface area contributed by atoms with E-state index < -0.39 is 14.6 Å². The summed E-state index contributed by atoms with van der Waals surface area (Å²) in [6.45, 7) is 7.58. The minimum atomic E-state index is -3.09. The minimum Gasteiger partial charge on any atom is -0.372 e. The van der Waals surface area contributed by atoms with Crippen LogP contribution in [0.25, 0.3) is 0 Å². The molecule has 1 aliphatic heterocycles. The third kappa shape index (κ3) is 5.84. The van der Waals surface area contributed by atoms with Gasteiger partial charge in [0, 0.05) is 31.1 Å². The predicted octanol–water partition coefficient (Wildman–Crippen LogP) is 4.81. The summed E-state index contributed by atoms with van der Waals surface area (Å²) < 4.78 is 24.2. The van der Waals surface area contributed by atoms with Gasteiger partial charge in [-0.3, -0.25) is 4.79 Å². The van der Waals surface area contributed by atoms with Crippen molar-refractivity contribution in [1.82, 2.24) is 0 Å². The van der Waals surface area contributed by atoms with Crippen molar-refractivity contribution in [3.8, 4) is 0 Å².